The second-order valence-corrected chi connectivity index (χ2v) is 6.83. The van der Waals surface area contributed by atoms with Crippen LogP contribution in [0.4, 0.5) is 5.69 Å². The fraction of sp³-hybridized carbons (Fsp3) is 0.261. The molecule has 150 valence electrons. The van der Waals surface area contributed by atoms with Gasteiger partial charge in [0.15, 0.2) is 0 Å². The molecule has 1 amide bonds. The zero-order valence-electron chi connectivity index (χ0n) is 16.7. The number of aliphatic hydroxyl groups excluding tert-OH is 1. The lowest BCUT2D eigenvalue weighted by Crippen LogP contribution is -2.33. The van der Waals surface area contributed by atoms with Gasteiger partial charge >= 0.3 is 0 Å². The highest BCUT2D eigenvalue weighted by Crippen LogP contribution is 2.18. The van der Waals surface area contributed by atoms with Gasteiger partial charge in [0.1, 0.15) is 12.4 Å². The van der Waals surface area contributed by atoms with Gasteiger partial charge in [-0.05, 0) is 31.0 Å². The van der Waals surface area contributed by atoms with Crippen LogP contribution in [0.15, 0.2) is 59.4 Å². The molecule has 1 heterocycles. The molecule has 0 unspecified atom stereocenters. The van der Waals surface area contributed by atoms with E-state index in [1.165, 1.54) is 4.57 Å². The normalized spacial score (nSPS) is 10.7. The van der Waals surface area contributed by atoms with E-state index >= 15 is 0 Å². The zero-order chi connectivity index (χ0) is 20.8. The van der Waals surface area contributed by atoms with Crippen molar-refractivity contribution in [2.24, 2.45) is 0 Å². The molecule has 1 aromatic heterocycles. The Morgan fingerprint density at radius 3 is 2.59 bits per heavy atom. The molecule has 0 fully saturated rings. The summed E-state index contributed by atoms with van der Waals surface area (Å²) >= 11 is 0. The highest BCUT2D eigenvalue weighted by molar-refractivity contribution is 5.90. The quantitative estimate of drug-likeness (QED) is 0.649. The summed E-state index contributed by atoms with van der Waals surface area (Å²) in [6.07, 6.45) is 1.07. The van der Waals surface area contributed by atoms with Crippen molar-refractivity contribution >= 4 is 11.6 Å². The van der Waals surface area contributed by atoms with Gasteiger partial charge in [0.05, 0.1) is 0 Å². The van der Waals surface area contributed by atoms with Crippen LogP contribution in [0, 0.1) is 6.92 Å². The maximum atomic E-state index is 13.1. The molecule has 2 N–H and O–H groups in total. The number of nitrogens with zero attached hydrogens (tertiary/aromatic N) is 2. The highest BCUT2D eigenvalue weighted by atomic mass is 16.3. The molecule has 0 radical (unpaired) electrons. The van der Waals surface area contributed by atoms with E-state index in [4.69, 9.17) is 0 Å². The summed E-state index contributed by atoms with van der Waals surface area (Å²) in [7, 11) is 0. The Bertz CT molecular complexity index is 1060. The lowest BCUT2D eigenvalue weighted by Gasteiger charge is -2.16. The third-order valence-corrected chi connectivity index (χ3v) is 4.78. The molecule has 0 aliphatic rings. The molecular weight excluding hydrogens is 366 g/mol. The van der Waals surface area contributed by atoms with E-state index in [-0.39, 0.29) is 31.0 Å². The van der Waals surface area contributed by atoms with Gasteiger partial charge in [-0.1, -0.05) is 49.4 Å². The predicted octanol–water partition coefficient (Wildman–Crippen LogP) is 2.95. The molecule has 0 saturated heterocycles. The molecule has 0 saturated carbocycles. The second kappa shape index (κ2) is 9.30. The Balaban J connectivity index is 1.98. The van der Waals surface area contributed by atoms with Crippen molar-refractivity contribution in [1.29, 1.82) is 0 Å². The third-order valence-electron chi connectivity index (χ3n) is 4.78. The summed E-state index contributed by atoms with van der Waals surface area (Å²) in [5.74, 6) is 0.130. The Morgan fingerprint density at radius 2 is 1.90 bits per heavy atom. The van der Waals surface area contributed by atoms with Crippen molar-refractivity contribution < 1.29 is 9.90 Å². The maximum Gasteiger partial charge on any atom is 0.257 e. The Morgan fingerprint density at radius 1 is 1.14 bits per heavy atom. The highest BCUT2D eigenvalue weighted by Gasteiger charge is 2.17. The number of aryl methyl sites for hydroxylation is 2. The third kappa shape index (κ3) is 4.78. The van der Waals surface area contributed by atoms with Gasteiger partial charge in [-0.15, -0.1) is 0 Å². The van der Waals surface area contributed by atoms with Gasteiger partial charge in [-0.2, -0.15) is 0 Å². The number of aliphatic hydroxyl groups is 1. The largest absolute Gasteiger partial charge is 0.396 e. The molecule has 3 aromatic rings. The van der Waals surface area contributed by atoms with Gasteiger partial charge in [-0.25, -0.2) is 4.98 Å². The standard InChI is InChI=1S/C23H25N3O3/c1-3-17-8-7-11-19(14-17)25-21(28)15-26-22(18-9-5-4-6-10-18)24-16(2)20(12-13-27)23(26)29/h4-11,14,27H,3,12-13,15H2,1-2H3,(H,25,28). The lowest BCUT2D eigenvalue weighted by molar-refractivity contribution is -0.116. The van der Waals surface area contributed by atoms with Crippen molar-refractivity contribution in [1.82, 2.24) is 9.55 Å². The van der Waals surface area contributed by atoms with E-state index in [0.717, 1.165) is 17.5 Å². The fourth-order valence-electron chi connectivity index (χ4n) is 3.27. The maximum absolute atomic E-state index is 13.1. The van der Waals surface area contributed by atoms with Crippen LogP contribution in [0.25, 0.3) is 11.4 Å². The number of carbonyl (C=O) groups excluding carboxylic acids is 1. The molecule has 0 atom stereocenters. The first-order valence-corrected chi connectivity index (χ1v) is 9.68. The van der Waals surface area contributed by atoms with Crippen molar-refractivity contribution in [3.05, 3.63) is 81.8 Å². The van der Waals surface area contributed by atoms with Gasteiger partial charge in [0, 0.05) is 35.5 Å². The minimum Gasteiger partial charge on any atom is -0.396 e. The number of hydrogen-bond donors (Lipinski definition) is 2. The summed E-state index contributed by atoms with van der Waals surface area (Å²) in [6, 6.07) is 16.9. The average molecular weight is 391 g/mol. The van der Waals surface area contributed by atoms with Crippen molar-refractivity contribution in [3.63, 3.8) is 0 Å². The Labute approximate surface area is 169 Å². The van der Waals surface area contributed by atoms with E-state index in [1.54, 1.807) is 6.92 Å². The van der Waals surface area contributed by atoms with Crippen LogP contribution in [0.1, 0.15) is 23.7 Å². The van der Waals surface area contributed by atoms with E-state index in [9.17, 15) is 14.7 Å². The van der Waals surface area contributed by atoms with Gasteiger partial charge in [0.2, 0.25) is 5.91 Å². The van der Waals surface area contributed by atoms with Crippen LogP contribution in [0.3, 0.4) is 0 Å². The molecular formula is C23H25N3O3. The molecule has 0 bridgehead atoms. The summed E-state index contributed by atoms with van der Waals surface area (Å²) in [5, 5.41) is 12.2. The van der Waals surface area contributed by atoms with Gasteiger partial charge in [-0.3, -0.25) is 14.2 Å². The molecule has 6 nitrogen and oxygen atoms in total. The molecule has 0 spiro atoms. The number of hydrogen-bond acceptors (Lipinski definition) is 4. The van der Waals surface area contributed by atoms with Gasteiger partial charge < -0.3 is 10.4 Å². The number of aromatic nitrogens is 2. The van der Waals surface area contributed by atoms with Crippen molar-refractivity contribution in [3.8, 4) is 11.4 Å². The van der Waals surface area contributed by atoms with Crippen LogP contribution >= 0.6 is 0 Å². The number of rotatable bonds is 7. The zero-order valence-corrected chi connectivity index (χ0v) is 16.7. The summed E-state index contributed by atoms with van der Waals surface area (Å²) < 4.78 is 1.38. The topological polar surface area (TPSA) is 84.2 Å². The number of nitrogens with one attached hydrogen (secondary N) is 1. The fourth-order valence-corrected chi connectivity index (χ4v) is 3.27. The predicted molar refractivity (Wildman–Crippen MR) is 114 cm³/mol. The monoisotopic (exact) mass is 391 g/mol. The van der Waals surface area contributed by atoms with Crippen LogP contribution in [-0.4, -0.2) is 27.2 Å². The van der Waals surface area contributed by atoms with Crippen molar-refractivity contribution in [2.75, 3.05) is 11.9 Å². The summed E-state index contributed by atoms with van der Waals surface area (Å²) in [4.78, 5) is 30.4. The van der Waals surface area contributed by atoms with E-state index < -0.39 is 0 Å². The number of amides is 1. The molecule has 29 heavy (non-hydrogen) atoms. The summed E-state index contributed by atoms with van der Waals surface area (Å²) in [5.41, 5.74) is 3.25. The molecule has 0 aliphatic carbocycles. The SMILES string of the molecule is CCc1cccc(NC(=O)Cn2c(-c3ccccc3)nc(C)c(CCO)c2=O)c1. The number of benzene rings is 2. The molecule has 2 aromatic carbocycles. The summed E-state index contributed by atoms with van der Waals surface area (Å²) in [6.45, 7) is 3.48. The Kier molecular flexibility index (Phi) is 6.57. The van der Waals surface area contributed by atoms with E-state index in [0.29, 0.717) is 22.8 Å². The first-order valence-electron chi connectivity index (χ1n) is 9.68. The minimum atomic E-state index is -0.307. The average Bonchev–Trinajstić information content (AvgIpc) is 2.73. The van der Waals surface area contributed by atoms with Crippen LogP contribution in [0.2, 0.25) is 0 Å². The van der Waals surface area contributed by atoms with Crippen LogP contribution in [-0.2, 0) is 24.2 Å². The van der Waals surface area contributed by atoms with Crippen molar-refractivity contribution in [2.45, 2.75) is 33.2 Å². The number of anilines is 1. The smallest absolute Gasteiger partial charge is 0.257 e. The lowest BCUT2D eigenvalue weighted by atomic mass is 10.1. The first kappa shape index (κ1) is 20.5. The van der Waals surface area contributed by atoms with Crippen LogP contribution in [0.5, 0.6) is 0 Å². The van der Waals surface area contributed by atoms with E-state index in [2.05, 4.69) is 10.3 Å². The Hall–Kier alpha value is -3.25. The van der Waals surface area contributed by atoms with Gasteiger partial charge in [0.25, 0.3) is 5.56 Å². The first-order chi connectivity index (χ1) is 14.0. The second-order valence-electron chi connectivity index (χ2n) is 6.83. The molecule has 3 rings (SSSR count). The van der Waals surface area contributed by atoms with Crippen LogP contribution < -0.4 is 10.9 Å². The molecule has 6 heteroatoms. The minimum absolute atomic E-state index is 0.154. The van der Waals surface area contributed by atoms with E-state index in [1.807, 2.05) is 61.5 Å². The molecule has 0 aliphatic heterocycles. The number of carbonyl (C=O) groups is 1.